The summed E-state index contributed by atoms with van der Waals surface area (Å²) >= 11 is 4.48. The van der Waals surface area contributed by atoms with E-state index in [9.17, 15) is 19.2 Å². The predicted octanol–water partition coefficient (Wildman–Crippen LogP) is 7.51. The van der Waals surface area contributed by atoms with Crippen LogP contribution in [0.4, 0.5) is 0 Å². The number of amides is 3. The second-order valence-corrected chi connectivity index (χ2v) is 12.7. The van der Waals surface area contributed by atoms with E-state index in [-0.39, 0.29) is 35.6 Å². The Morgan fingerprint density at radius 2 is 1.71 bits per heavy atom. The van der Waals surface area contributed by atoms with E-state index in [4.69, 9.17) is 9.47 Å². The van der Waals surface area contributed by atoms with Gasteiger partial charge >= 0.3 is 5.97 Å². The lowest BCUT2D eigenvalue weighted by molar-refractivity contribution is -0.145. The number of nitrogens with one attached hydrogen (secondary N) is 1. The van der Waals surface area contributed by atoms with E-state index in [1.165, 1.54) is 11.0 Å². The minimum atomic E-state index is -0.752. The number of hydrogen-bond acceptors (Lipinski definition) is 7. The zero-order valence-corrected chi connectivity index (χ0v) is 30.7. The van der Waals surface area contributed by atoms with E-state index in [0.717, 1.165) is 22.9 Å². The number of carbonyl (C=O) groups excluding carboxylic acids is 4. The van der Waals surface area contributed by atoms with Gasteiger partial charge in [0.2, 0.25) is 5.91 Å². The van der Waals surface area contributed by atoms with Crippen LogP contribution < -0.4 is 10.1 Å². The highest BCUT2D eigenvalue weighted by Crippen LogP contribution is 2.34. The Kier molecular flexibility index (Phi) is 14.5. The molecule has 0 aromatic heterocycles. The number of hydrogen-bond donors (Lipinski definition) is 1. The third kappa shape index (κ3) is 10.4. The van der Waals surface area contributed by atoms with Gasteiger partial charge in [0.05, 0.1) is 22.9 Å². The number of amidine groups is 1. The van der Waals surface area contributed by atoms with E-state index in [1.54, 1.807) is 56.4 Å². The topological polar surface area (TPSA) is 114 Å². The van der Waals surface area contributed by atoms with Crippen molar-refractivity contribution in [1.29, 1.82) is 0 Å². The summed E-state index contributed by atoms with van der Waals surface area (Å²) < 4.78 is 11.2. The maximum absolute atomic E-state index is 14.1. The first-order valence-electron chi connectivity index (χ1n) is 16.1. The standard InChI is InChI=1S/C40H38BrN3O6S/c1-5-9-21-31(7-3)44-39(48)32(23-27-22-30(16-6-2)37(33(41)24-27)50-25-35(46)49-8-4)38(47)43-40(44)51-26-34(45)42-36(28-17-12-10-13-18-28)29-19-14-11-15-20-29/h5-7,9-15,17-24,36H,1-2,8,16,25-26H2,3-4H3,(H,42,45)/b21-9-,31-7+,32-23+. The van der Waals surface area contributed by atoms with Gasteiger partial charge in [-0.15, -0.1) is 6.58 Å². The van der Waals surface area contributed by atoms with Crippen molar-refractivity contribution in [2.75, 3.05) is 19.0 Å². The van der Waals surface area contributed by atoms with Crippen molar-refractivity contribution in [2.45, 2.75) is 26.3 Å². The molecular weight excluding hydrogens is 730 g/mol. The van der Waals surface area contributed by atoms with Crippen LogP contribution in [0.1, 0.15) is 42.1 Å². The number of nitrogens with zero attached hydrogens (tertiary/aromatic N) is 2. The van der Waals surface area contributed by atoms with E-state index in [1.807, 2.05) is 60.7 Å². The smallest absolute Gasteiger partial charge is 0.344 e. The lowest BCUT2D eigenvalue weighted by atomic mass is 9.99. The van der Waals surface area contributed by atoms with E-state index in [2.05, 4.69) is 39.4 Å². The quantitative estimate of drug-likeness (QED) is 0.0560. The van der Waals surface area contributed by atoms with Crippen LogP contribution >= 0.6 is 27.7 Å². The summed E-state index contributed by atoms with van der Waals surface area (Å²) in [5.74, 6) is -1.89. The van der Waals surface area contributed by atoms with Crippen LogP contribution in [0, 0.1) is 0 Å². The van der Waals surface area contributed by atoms with Crippen LogP contribution in [0.5, 0.6) is 5.75 Å². The third-order valence-electron chi connectivity index (χ3n) is 7.37. The van der Waals surface area contributed by atoms with Crippen LogP contribution in [0.2, 0.25) is 0 Å². The molecule has 3 aromatic rings. The van der Waals surface area contributed by atoms with Gasteiger partial charge in [-0.05, 0) is 82.7 Å². The zero-order valence-electron chi connectivity index (χ0n) is 28.3. The second kappa shape index (κ2) is 19.2. The van der Waals surface area contributed by atoms with Gasteiger partial charge in [-0.3, -0.25) is 19.3 Å². The Morgan fingerprint density at radius 3 is 2.29 bits per heavy atom. The van der Waals surface area contributed by atoms with Gasteiger partial charge in [0.1, 0.15) is 11.3 Å². The summed E-state index contributed by atoms with van der Waals surface area (Å²) in [6.07, 6.45) is 10.1. The summed E-state index contributed by atoms with van der Waals surface area (Å²) in [6, 6.07) is 22.2. The maximum Gasteiger partial charge on any atom is 0.344 e. The van der Waals surface area contributed by atoms with Crippen molar-refractivity contribution in [1.82, 2.24) is 10.2 Å². The highest BCUT2D eigenvalue weighted by atomic mass is 79.9. The minimum absolute atomic E-state index is 0.0614. The van der Waals surface area contributed by atoms with Crippen LogP contribution in [0.25, 0.3) is 6.08 Å². The molecule has 3 amide bonds. The molecule has 3 aromatic carbocycles. The molecule has 0 spiro atoms. The van der Waals surface area contributed by atoms with Gasteiger partial charge in [-0.25, -0.2) is 4.79 Å². The molecule has 1 aliphatic heterocycles. The molecule has 0 atom stereocenters. The summed E-state index contributed by atoms with van der Waals surface area (Å²) in [4.78, 5) is 58.6. The highest BCUT2D eigenvalue weighted by Gasteiger charge is 2.35. The molecule has 4 rings (SSSR count). The first-order chi connectivity index (χ1) is 24.7. The average Bonchev–Trinajstić information content (AvgIpc) is 3.13. The van der Waals surface area contributed by atoms with Gasteiger partial charge in [0.15, 0.2) is 11.8 Å². The lowest BCUT2D eigenvalue weighted by Crippen LogP contribution is -2.42. The van der Waals surface area contributed by atoms with Crippen LogP contribution in [0.3, 0.4) is 0 Å². The molecule has 51 heavy (non-hydrogen) atoms. The normalized spacial score (nSPS) is 14.1. The Morgan fingerprint density at radius 1 is 1.04 bits per heavy atom. The van der Waals surface area contributed by atoms with Gasteiger partial charge in [0.25, 0.3) is 11.8 Å². The maximum atomic E-state index is 14.1. The summed E-state index contributed by atoms with van der Waals surface area (Å²) in [5, 5.41) is 3.15. The Hall–Kier alpha value is -5.26. The summed E-state index contributed by atoms with van der Waals surface area (Å²) in [7, 11) is 0. The fraction of sp³-hybridized carbons (Fsp3) is 0.175. The number of thioether (sulfide) groups is 1. The second-order valence-electron chi connectivity index (χ2n) is 10.9. The molecule has 0 fully saturated rings. The molecule has 0 aliphatic carbocycles. The van der Waals surface area contributed by atoms with Crippen molar-refractivity contribution < 1.29 is 28.7 Å². The zero-order chi connectivity index (χ0) is 36.8. The first-order valence-corrected chi connectivity index (χ1v) is 17.9. The molecule has 1 N–H and O–H groups in total. The van der Waals surface area contributed by atoms with Crippen molar-refractivity contribution in [3.05, 3.63) is 154 Å². The summed E-state index contributed by atoms with van der Waals surface area (Å²) in [5.41, 5.74) is 3.26. The molecule has 9 nitrogen and oxygen atoms in total. The molecule has 0 radical (unpaired) electrons. The SMILES string of the molecule is C=C/C=C\C(=C/C)N1C(=O)/C(=C/c2cc(Br)c(OCC(=O)OCC)c(CC=C)c2)C(=O)N=C1SCC(=O)NC(c1ccccc1)c1ccccc1. The van der Waals surface area contributed by atoms with Gasteiger partial charge in [0, 0.05) is 5.70 Å². The third-order valence-corrected chi connectivity index (χ3v) is 8.90. The molecule has 262 valence electrons. The van der Waals surface area contributed by atoms with E-state index < -0.39 is 23.8 Å². The number of allylic oxidation sites excluding steroid dienone is 5. The molecule has 1 aliphatic rings. The largest absolute Gasteiger partial charge is 0.480 e. The fourth-order valence-electron chi connectivity index (χ4n) is 5.12. The van der Waals surface area contributed by atoms with Crippen molar-refractivity contribution in [3.8, 4) is 5.75 Å². The number of carbonyl (C=O) groups is 4. The number of halogens is 1. The Bertz CT molecular complexity index is 1860. The predicted molar refractivity (Wildman–Crippen MR) is 206 cm³/mol. The molecule has 0 saturated heterocycles. The van der Waals surface area contributed by atoms with Gasteiger partial charge in [-0.1, -0.05) is 103 Å². The molecule has 11 heteroatoms. The monoisotopic (exact) mass is 767 g/mol. The van der Waals surface area contributed by atoms with Crippen LogP contribution in [-0.2, 0) is 30.3 Å². The number of benzene rings is 3. The van der Waals surface area contributed by atoms with Crippen LogP contribution in [0.15, 0.2) is 137 Å². The highest BCUT2D eigenvalue weighted by molar-refractivity contribution is 9.10. The van der Waals surface area contributed by atoms with Gasteiger partial charge in [-0.2, -0.15) is 4.99 Å². The van der Waals surface area contributed by atoms with Crippen molar-refractivity contribution >= 4 is 62.6 Å². The molecular formula is C40H38BrN3O6S. The van der Waals surface area contributed by atoms with Crippen molar-refractivity contribution in [3.63, 3.8) is 0 Å². The number of ether oxygens (including phenoxy) is 2. The van der Waals surface area contributed by atoms with Crippen LogP contribution in [-0.4, -0.2) is 52.7 Å². The van der Waals surface area contributed by atoms with Crippen molar-refractivity contribution in [2.24, 2.45) is 4.99 Å². The first kappa shape index (κ1) is 38.5. The lowest BCUT2D eigenvalue weighted by Gasteiger charge is -2.28. The summed E-state index contributed by atoms with van der Waals surface area (Å²) in [6.45, 7) is 10.9. The number of aliphatic imine (C=N–C) groups is 1. The minimum Gasteiger partial charge on any atom is -0.480 e. The Labute approximate surface area is 310 Å². The average molecular weight is 769 g/mol. The Balaban J connectivity index is 1.64. The molecule has 0 bridgehead atoms. The number of rotatable bonds is 15. The molecule has 1 heterocycles. The number of esters is 1. The van der Waals surface area contributed by atoms with Gasteiger partial charge < -0.3 is 14.8 Å². The van der Waals surface area contributed by atoms with E-state index >= 15 is 0 Å². The molecule has 0 saturated carbocycles. The molecule has 0 unspecified atom stereocenters. The fourth-order valence-corrected chi connectivity index (χ4v) is 6.56. The van der Waals surface area contributed by atoms with E-state index in [0.29, 0.717) is 33.5 Å².